The maximum atomic E-state index is 12.4. The first-order valence-corrected chi connectivity index (χ1v) is 8.87. The Labute approximate surface area is 156 Å². The van der Waals surface area contributed by atoms with E-state index in [-0.39, 0.29) is 5.91 Å². The highest BCUT2D eigenvalue weighted by molar-refractivity contribution is 5.94. The average Bonchev–Trinajstić information content (AvgIpc) is 3.11. The number of carbonyl (C=O) groups excluding carboxylic acids is 1. The van der Waals surface area contributed by atoms with Crippen LogP contribution in [0.4, 0.5) is 0 Å². The van der Waals surface area contributed by atoms with Crippen molar-refractivity contribution < 1.29 is 4.79 Å². The number of pyridine rings is 2. The number of amides is 1. The molecular weight excluding hydrogens is 338 g/mol. The van der Waals surface area contributed by atoms with Crippen molar-refractivity contribution in [2.24, 2.45) is 0 Å². The van der Waals surface area contributed by atoms with Gasteiger partial charge in [0, 0.05) is 30.1 Å². The smallest absolute Gasteiger partial charge is 0.251 e. The van der Waals surface area contributed by atoms with Gasteiger partial charge in [-0.25, -0.2) is 9.97 Å². The highest BCUT2D eigenvalue weighted by Gasteiger charge is 2.13. The highest BCUT2D eigenvalue weighted by Crippen LogP contribution is 2.20. The largest absolute Gasteiger partial charge is 0.346 e. The van der Waals surface area contributed by atoms with Crippen LogP contribution in [0, 0.1) is 0 Å². The fourth-order valence-corrected chi connectivity index (χ4v) is 3.01. The van der Waals surface area contributed by atoms with E-state index in [9.17, 15) is 4.79 Å². The van der Waals surface area contributed by atoms with Gasteiger partial charge in [-0.05, 0) is 48.5 Å². The number of nitrogens with one attached hydrogen (secondary N) is 1. The second kappa shape index (κ2) is 7.37. The zero-order chi connectivity index (χ0) is 18.6. The van der Waals surface area contributed by atoms with E-state index < -0.39 is 0 Å². The van der Waals surface area contributed by atoms with Gasteiger partial charge in [0.1, 0.15) is 11.3 Å². The molecule has 0 atom stereocenters. The molecule has 27 heavy (non-hydrogen) atoms. The van der Waals surface area contributed by atoms with E-state index in [2.05, 4.69) is 27.2 Å². The van der Waals surface area contributed by atoms with Crippen LogP contribution in [-0.2, 0) is 13.0 Å². The lowest BCUT2D eigenvalue weighted by atomic mass is 10.2. The molecule has 0 bridgehead atoms. The third kappa shape index (κ3) is 3.42. The summed E-state index contributed by atoms with van der Waals surface area (Å²) in [6, 6.07) is 16.9. The van der Waals surface area contributed by atoms with Crippen LogP contribution >= 0.6 is 0 Å². The average molecular weight is 357 g/mol. The molecule has 0 saturated carbocycles. The van der Waals surface area contributed by atoms with Gasteiger partial charge in [0.25, 0.3) is 5.91 Å². The molecule has 0 aliphatic rings. The Morgan fingerprint density at radius 3 is 2.56 bits per heavy atom. The third-order valence-corrected chi connectivity index (χ3v) is 4.35. The summed E-state index contributed by atoms with van der Waals surface area (Å²) in [5.41, 5.74) is 4.05. The van der Waals surface area contributed by atoms with Gasteiger partial charge in [0.05, 0.1) is 12.2 Å². The SMILES string of the molecule is CCc1nc2cccnc2n1-c1ccc(C(=O)NCc2ccccn2)cc1. The Hall–Kier alpha value is -3.54. The van der Waals surface area contributed by atoms with Crippen molar-refractivity contribution in [3.05, 3.63) is 84.1 Å². The van der Waals surface area contributed by atoms with E-state index in [0.717, 1.165) is 34.8 Å². The number of carbonyl (C=O) groups is 1. The predicted molar refractivity (Wildman–Crippen MR) is 104 cm³/mol. The summed E-state index contributed by atoms with van der Waals surface area (Å²) in [4.78, 5) is 25.7. The van der Waals surface area contributed by atoms with Crippen LogP contribution in [0.15, 0.2) is 67.0 Å². The molecular formula is C21H19N5O. The molecule has 134 valence electrons. The first-order chi connectivity index (χ1) is 13.3. The fourth-order valence-electron chi connectivity index (χ4n) is 3.01. The zero-order valence-electron chi connectivity index (χ0n) is 15.0. The van der Waals surface area contributed by atoms with Gasteiger partial charge < -0.3 is 5.32 Å². The molecule has 0 spiro atoms. The van der Waals surface area contributed by atoms with Crippen LogP contribution in [0.2, 0.25) is 0 Å². The number of nitrogens with zero attached hydrogens (tertiary/aromatic N) is 4. The Kier molecular flexibility index (Phi) is 4.61. The van der Waals surface area contributed by atoms with Crippen molar-refractivity contribution in [1.82, 2.24) is 24.8 Å². The molecule has 3 heterocycles. The summed E-state index contributed by atoms with van der Waals surface area (Å²) in [6.07, 6.45) is 4.27. The summed E-state index contributed by atoms with van der Waals surface area (Å²) in [5.74, 6) is 0.813. The van der Waals surface area contributed by atoms with Crippen molar-refractivity contribution in [3.63, 3.8) is 0 Å². The first-order valence-electron chi connectivity index (χ1n) is 8.87. The minimum absolute atomic E-state index is 0.128. The number of benzene rings is 1. The van der Waals surface area contributed by atoms with E-state index in [0.29, 0.717) is 12.1 Å². The molecule has 0 saturated heterocycles. The van der Waals surface area contributed by atoms with Gasteiger partial charge in [-0.1, -0.05) is 13.0 Å². The van der Waals surface area contributed by atoms with Crippen molar-refractivity contribution >= 4 is 17.1 Å². The molecule has 6 nitrogen and oxygen atoms in total. The highest BCUT2D eigenvalue weighted by atomic mass is 16.1. The van der Waals surface area contributed by atoms with Crippen molar-refractivity contribution in [3.8, 4) is 5.69 Å². The molecule has 1 amide bonds. The molecule has 6 heteroatoms. The van der Waals surface area contributed by atoms with Crippen molar-refractivity contribution in [2.45, 2.75) is 19.9 Å². The zero-order valence-corrected chi connectivity index (χ0v) is 15.0. The molecule has 0 unspecified atom stereocenters. The number of hydrogen-bond acceptors (Lipinski definition) is 4. The molecule has 1 N–H and O–H groups in total. The second-order valence-corrected chi connectivity index (χ2v) is 6.11. The van der Waals surface area contributed by atoms with Gasteiger partial charge in [0.2, 0.25) is 0 Å². The van der Waals surface area contributed by atoms with Crippen LogP contribution in [-0.4, -0.2) is 25.4 Å². The third-order valence-electron chi connectivity index (χ3n) is 4.35. The van der Waals surface area contributed by atoms with E-state index >= 15 is 0 Å². The Morgan fingerprint density at radius 1 is 1.00 bits per heavy atom. The summed E-state index contributed by atoms with van der Waals surface area (Å²) in [6.45, 7) is 2.47. The summed E-state index contributed by atoms with van der Waals surface area (Å²) >= 11 is 0. The topological polar surface area (TPSA) is 72.7 Å². The molecule has 0 aliphatic carbocycles. The monoisotopic (exact) mass is 357 g/mol. The second-order valence-electron chi connectivity index (χ2n) is 6.11. The summed E-state index contributed by atoms with van der Waals surface area (Å²) in [5, 5.41) is 2.89. The lowest BCUT2D eigenvalue weighted by Gasteiger charge is -2.09. The van der Waals surface area contributed by atoms with Gasteiger partial charge in [-0.15, -0.1) is 0 Å². The Morgan fingerprint density at radius 2 is 1.81 bits per heavy atom. The van der Waals surface area contributed by atoms with Crippen molar-refractivity contribution in [1.29, 1.82) is 0 Å². The molecule has 0 aliphatic heterocycles. The van der Waals surface area contributed by atoms with E-state index in [1.807, 2.05) is 59.2 Å². The maximum Gasteiger partial charge on any atom is 0.251 e. The predicted octanol–water partition coefficient (Wildman–Crippen LogP) is 3.31. The Balaban J connectivity index is 1.57. The van der Waals surface area contributed by atoms with Gasteiger partial charge >= 0.3 is 0 Å². The van der Waals surface area contributed by atoms with Gasteiger partial charge in [-0.3, -0.25) is 14.3 Å². The number of aromatic nitrogens is 4. The van der Waals surface area contributed by atoms with Crippen LogP contribution in [0.5, 0.6) is 0 Å². The Bertz CT molecular complexity index is 1070. The minimum Gasteiger partial charge on any atom is -0.346 e. The fraction of sp³-hybridized carbons (Fsp3) is 0.143. The number of aryl methyl sites for hydroxylation is 1. The van der Waals surface area contributed by atoms with Crippen LogP contribution < -0.4 is 5.32 Å². The standard InChI is InChI=1S/C21H19N5O/c1-2-19-25-18-7-5-13-23-20(18)26(19)17-10-8-15(9-11-17)21(27)24-14-16-6-3-4-12-22-16/h3-13H,2,14H2,1H3,(H,24,27). The molecule has 0 fully saturated rings. The normalized spacial score (nSPS) is 10.9. The quantitative estimate of drug-likeness (QED) is 0.595. The molecule has 0 radical (unpaired) electrons. The summed E-state index contributed by atoms with van der Waals surface area (Å²) in [7, 11) is 0. The summed E-state index contributed by atoms with van der Waals surface area (Å²) < 4.78 is 2.03. The minimum atomic E-state index is -0.128. The van der Waals surface area contributed by atoms with Gasteiger partial charge in [-0.2, -0.15) is 0 Å². The van der Waals surface area contributed by atoms with Crippen LogP contribution in [0.25, 0.3) is 16.9 Å². The van der Waals surface area contributed by atoms with Crippen LogP contribution in [0.1, 0.15) is 28.8 Å². The lowest BCUT2D eigenvalue weighted by molar-refractivity contribution is 0.0950. The lowest BCUT2D eigenvalue weighted by Crippen LogP contribution is -2.23. The molecule has 3 aromatic heterocycles. The number of fused-ring (bicyclic) bond motifs is 1. The molecule has 4 rings (SSSR count). The number of rotatable bonds is 5. The van der Waals surface area contributed by atoms with E-state index in [1.54, 1.807) is 12.4 Å². The van der Waals surface area contributed by atoms with Crippen LogP contribution in [0.3, 0.4) is 0 Å². The first kappa shape index (κ1) is 16.9. The van der Waals surface area contributed by atoms with Crippen molar-refractivity contribution in [2.75, 3.05) is 0 Å². The number of hydrogen-bond donors (Lipinski definition) is 1. The van der Waals surface area contributed by atoms with E-state index in [4.69, 9.17) is 0 Å². The maximum absolute atomic E-state index is 12.4. The van der Waals surface area contributed by atoms with E-state index in [1.165, 1.54) is 0 Å². The molecule has 1 aromatic carbocycles. The van der Waals surface area contributed by atoms with Gasteiger partial charge in [0.15, 0.2) is 5.65 Å². The molecule has 4 aromatic rings. The number of imidazole rings is 1.